The Kier molecular flexibility index (Phi) is 7.15. The van der Waals surface area contributed by atoms with Crippen LogP contribution in [0, 0.1) is 12.8 Å². The molecule has 0 saturated heterocycles. The topological polar surface area (TPSA) is 12.0 Å². The molecule has 0 fully saturated rings. The van der Waals surface area contributed by atoms with Gasteiger partial charge in [0.05, 0.1) is 0 Å². The van der Waals surface area contributed by atoms with E-state index in [4.69, 9.17) is 0 Å². The number of nitrogens with one attached hydrogen (secondary N) is 1. The molecule has 0 radical (unpaired) electrons. The highest BCUT2D eigenvalue weighted by atomic mass is 14.9. The van der Waals surface area contributed by atoms with Gasteiger partial charge in [-0.25, -0.2) is 0 Å². The summed E-state index contributed by atoms with van der Waals surface area (Å²) in [5, 5.41) is 3.61. The van der Waals surface area contributed by atoms with Gasteiger partial charge in [-0.2, -0.15) is 0 Å². The second-order valence-electron chi connectivity index (χ2n) is 6.30. The van der Waals surface area contributed by atoms with Gasteiger partial charge in [-0.1, -0.05) is 70.4 Å². The Morgan fingerprint density at radius 2 is 1.89 bits per heavy atom. The van der Waals surface area contributed by atoms with E-state index in [9.17, 15) is 0 Å². The zero-order valence-corrected chi connectivity index (χ0v) is 13.4. The summed E-state index contributed by atoms with van der Waals surface area (Å²) in [4.78, 5) is 0. The molecule has 0 bridgehead atoms. The average Bonchev–Trinajstić information content (AvgIpc) is 2.34. The molecule has 1 rings (SSSR count). The molecular weight excluding hydrogens is 230 g/mol. The Bertz CT molecular complexity index is 356. The van der Waals surface area contributed by atoms with Crippen LogP contribution in [0.3, 0.4) is 0 Å². The van der Waals surface area contributed by atoms with Gasteiger partial charge in [0.25, 0.3) is 0 Å². The third kappa shape index (κ3) is 6.24. The maximum absolute atomic E-state index is 3.61. The van der Waals surface area contributed by atoms with Gasteiger partial charge in [-0.15, -0.1) is 0 Å². The number of rotatable bonds is 8. The molecule has 1 nitrogen and oxygen atoms in total. The molecule has 0 spiro atoms. The highest BCUT2D eigenvalue weighted by Gasteiger charge is 2.15. The van der Waals surface area contributed by atoms with Crippen LogP contribution in [0.1, 0.15) is 64.0 Å². The zero-order valence-electron chi connectivity index (χ0n) is 13.4. The Balaban J connectivity index is 2.73. The van der Waals surface area contributed by atoms with Crippen molar-refractivity contribution in [2.75, 3.05) is 6.54 Å². The fourth-order valence-corrected chi connectivity index (χ4v) is 2.74. The second kappa shape index (κ2) is 8.37. The van der Waals surface area contributed by atoms with Crippen molar-refractivity contribution in [1.29, 1.82) is 0 Å². The monoisotopic (exact) mass is 261 g/mol. The SMILES string of the molecule is CCCC(C)CC(CNC(C)C)c1cccc(C)c1. The first-order valence-corrected chi connectivity index (χ1v) is 7.82. The summed E-state index contributed by atoms with van der Waals surface area (Å²) in [5.41, 5.74) is 2.87. The third-order valence-corrected chi connectivity index (χ3v) is 3.75. The first kappa shape index (κ1) is 16.2. The lowest BCUT2D eigenvalue weighted by molar-refractivity contribution is 0.410. The van der Waals surface area contributed by atoms with E-state index >= 15 is 0 Å². The largest absolute Gasteiger partial charge is 0.314 e. The minimum atomic E-state index is 0.564. The molecule has 2 atom stereocenters. The van der Waals surface area contributed by atoms with Crippen LogP contribution in [0.5, 0.6) is 0 Å². The van der Waals surface area contributed by atoms with Crippen LogP contribution in [-0.4, -0.2) is 12.6 Å². The van der Waals surface area contributed by atoms with E-state index in [0.717, 1.165) is 12.5 Å². The lowest BCUT2D eigenvalue weighted by Gasteiger charge is -2.23. The zero-order chi connectivity index (χ0) is 14.3. The molecule has 108 valence electrons. The fourth-order valence-electron chi connectivity index (χ4n) is 2.74. The maximum Gasteiger partial charge on any atom is 0.00226 e. The van der Waals surface area contributed by atoms with Crippen molar-refractivity contribution in [3.8, 4) is 0 Å². The summed E-state index contributed by atoms with van der Waals surface area (Å²) < 4.78 is 0. The summed E-state index contributed by atoms with van der Waals surface area (Å²) in [5.74, 6) is 1.45. The van der Waals surface area contributed by atoms with Gasteiger partial charge in [-0.05, 0) is 30.7 Å². The molecule has 1 aromatic carbocycles. The first-order chi connectivity index (χ1) is 9.02. The first-order valence-electron chi connectivity index (χ1n) is 7.82. The van der Waals surface area contributed by atoms with E-state index < -0.39 is 0 Å². The van der Waals surface area contributed by atoms with Crippen molar-refractivity contribution >= 4 is 0 Å². The predicted molar refractivity (Wildman–Crippen MR) is 85.7 cm³/mol. The molecule has 19 heavy (non-hydrogen) atoms. The lowest BCUT2D eigenvalue weighted by atomic mass is 9.87. The molecule has 0 aliphatic carbocycles. The highest BCUT2D eigenvalue weighted by Crippen LogP contribution is 2.26. The van der Waals surface area contributed by atoms with E-state index in [2.05, 4.69) is 64.2 Å². The Morgan fingerprint density at radius 3 is 2.47 bits per heavy atom. The van der Waals surface area contributed by atoms with Gasteiger partial charge in [0.2, 0.25) is 0 Å². The number of hydrogen-bond donors (Lipinski definition) is 1. The Labute approximate surface area is 119 Å². The van der Waals surface area contributed by atoms with Crippen LogP contribution in [0.4, 0.5) is 0 Å². The van der Waals surface area contributed by atoms with Crippen LogP contribution in [0.2, 0.25) is 0 Å². The predicted octanol–water partition coefficient (Wildman–Crippen LogP) is 4.90. The fraction of sp³-hybridized carbons (Fsp3) is 0.667. The van der Waals surface area contributed by atoms with E-state index in [1.54, 1.807) is 0 Å². The number of benzene rings is 1. The number of aryl methyl sites for hydroxylation is 1. The third-order valence-electron chi connectivity index (χ3n) is 3.75. The molecule has 2 unspecified atom stereocenters. The van der Waals surface area contributed by atoms with Gasteiger partial charge >= 0.3 is 0 Å². The molecule has 0 aliphatic rings. The van der Waals surface area contributed by atoms with Gasteiger partial charge in [0, 0.05) is 12.6 Å². The molecule has 1 heteroatoms. The van der Waals surface area contributed by atoms with Crippen LogP contribution in [0.25, 0.3) is 0 Å². The van der Waals surface area contributed by atoms with Crippen LogP contribution in [0.15, 0.2) is 24.3 Å². The maximum atomic E-state index is 3.61. The van der Waals surface area contributed by atoms with Crippen molar-refractivity contribution in [3.05, 3.63) is 35.4 Å². The standard InChI is InChI=1S/C18H31N/c1-6-8-15(4)12-18(13-19-14(2)3)17-10-7-9-16(5)11-17/h7,9-11,14-15,18-19H,6,8,12-13H2,1-5H3. The van der Waals surface area contributed by atoms with E-state index in [-0.39, 0.29) is 0 Å². The Hall–Kier alpha value is -0.820. The molecule has 0 aromatic heterocycles. The molecule has 0 saturated carbocycles. The summed E-state index contributed by atoms with van der Waals surface area (Å²) in [6, 6.07) is 9.58. The molecule has 1 N–H and O–H groups in total. The second-order valence-corrected chi connectivity index (χ2v) is 6.30. The molecule has 0 aliphatic heterocycles. The van der Waals surface area contributed by atoms with E-state index in [1.807, 2.05) is 0 Å². The van der Waals surface area contributed by atoms with E-state index in [0.29, 0.717) is 12.0 Å². The molecule has 0 amide bonds. The summed E-state index contributed by atoms with van der Waals surface area (Å²) in [6.45, 7) is 12.4. The van der Waals surface area contributed by atoms with Crippen LogP contribution >= 0.6 is 0 Å². The Morgan fingerprint density at radius 1 is 1.16 bits per heavy atom. The summed E-state index contributed by atoms with van der Waals surface area (Å²) in [6.07, 6.45) is 3.92. The van der Waals surface area contributed by atoms with Crippen molar-refractivity contribution in [2.45, 2.75) is 65.8 Å². The van der Waals surface area contributed by atoms with E-state index in [1.165, 1.54) is 30.4 Å². The summed E-state index contributed by atoms with van der Waals surface area (Å²) >= 11 is 0. The normalized spacial score (nSPS) is 14.6. The number of hydrogen-bond acceptors (Lipinski definition) is 1. The smallest absolute Gasteiger partial charge is 0.00226 e. The van der Waals surface area contributed by atoms with Crippen molar-refractivity contribution in [2.24, 2.45) is 5.92 Å². The van der Waals surface area contributed by atoms with Crippen molar-refractivity contribution < 1.29 is 0 Å². The quantitative estimate of drug-likeness (QED) is 0.701. The highest BCUT2D eigenvalue weighted by molar-refractivity contribution is 5.25. The summed E-state index contributed by atoms with van der Waals surface area (Å²) in [7, 11) is 0. The van der Waals surface area contributed by atoms with Gasteiger partial charge < -0.3 is 5.32 Å². The minimum absolute atomic E-state index is 0.564. The minimum Gasteiger partial charge on any atom is -0.314 e. The molecule has 1 aromatic rings. The van der Waals surface area contributed by atoms with Crippen LogP contribution < -0.4 is 5.32 Å². The van der Waals surface area contributed by atoms with Gasteiger partial charge in [0.1, 0.15) is 0 Å². The van der Waals surface area contributed by atoms with Crippen molar-refractivity contribution in [1.82, 2.24) is 5.32 Å². The molecule has 0 heterocycles. The molecular formula is C18H31N. The van der Waals surface area contributed by atoms with Crippen LogP contribution in [-0.2, 0) is 0 Å². The van der Waals surface area contributed by atoms with Crippen molar-refractivity contribution in [3.63, 3.8) is 0 Å². The lowest BCUT2D eigenvalue weighted by Crippen LogP contribution is -2.28. The van der Waals surface area contributed by atoms with Gasteiger partial charge in [-0.3, -0.25) is 0 Å². The average molecular weight is 261 g/mol. The van der Waals surface area contributed by atoms with Gasteiger partial charge in [0.15, 0.2) is 0 Å².